The largest absolute Gasteiger partial charge is 0.329 e. The molecule has 0 unspecified atom stereocenters. The van der Waals surface area contributed by atoms with Crippen molar-refractivity contribution < 1.29 is 8.42 Å². The van der Waals surface area contributed by atoms with E-state index in [9.17, 15) is 8.42 Å². The van der Waals surface area contributed by atoms with E-state index < -0.39 is 10.0 Å². The fraction of sp³-hybridized carbons (Fsp3) is 0.318. The minimum atomic E-state index is -3.66. The maximum absolute atomic E-state index is 13.3. The molecule has 2 aromatic carbocycles. The van der Waals surface area contributed by atoms with E-state index >= 15 is 0 Å². The van der Waals surface area contributed by atoms with Crippen LogP contribution in [0.2, 0.25) is 10.0 Å². The predicted molar refractivity (Wildman–Crippen MR) is 121 cm³/mol. The number of aromatic nitrogens is 2. The molecule has 8 heteroatoms. The second kappa shape index (κ2) is 9.52. The van der Waals surface area contributed by atoms with E-state index in [4.69, 9.17) is 23.2 Å². The van der Waals surface area contributed by atoms with Crippen LogP contribution in [0.25, 0.3) is 0 Å². The first-order chi connectivity index (χ1) is 14.2. The summed E-state index contributed by atoms with van der Waals surface area (Å²) in [5, 5.41) is 1.13. The number of imidazole rings is 1. The first-order valence-corrected chi connectivity index (χ1v) is 11.9. The molecule has 3 rings (SSSR count). The van der Waals surface area contributed by atoms with Crippen LogP contribution in [0.15, 0.2) is 59.8 Å². The van der Waals surface area contributed by atoms with Crippen LogP contribution in [-0.2, 0) is 23.1 Å². The molecule has 160 valence electrons. The Morgan fingerprint density at radius 3 is 2.43 bits per heavy atom. The van der Waals surface area contributed by atoms with Gasteiger partial charge in [0, 0.05) is 29.0 Å². The van der Waals surface area contributed by atoms with E-state index in [0.29, 0.717) is 29.0 Å². The van der Waals surface area contributed by atoms with Crippen LogP contribution in [0.3, 0.4) is 0 Å². The predicted octanol–water partition coefficient (Wildman–Crippen LogP) is 5.39. The van der Waals surface area contributed by atoms with Gasteiger partial charge in [0.15, 0.2) is 0 Å². The molecule has 30 heavy (non-hydrogen) atoms. The van der Waals surface area contributed by atoms with Gasteiger partial charge in [-0.25, -0.2) is 13.4 Å². The molecule has 0 aliphatic rings. The van der Waals surface area contributed by atoms with Crippen LogP contribution in [0.1, 0.15) is 30.8 Å². The van der Waals surface area contributed by atoms with E-state index in [2.05, 4.69) is 4.98 Å². The highest BCUT2D eigenvalue weighted by molar-refractivity contribution is 7.89. The lowest BCUT2D eigenvalue weighted by atomic mass is 10.2. The molecule has 0 aliphatic heterocycles. The lowest BCUT2D eigenvalue weighted by Crippen LogP contribution is -2.34. The molecule has 0 atom stereocenters. The van der Waals surface area contributed by atoms with Gasteiger partial charge in [0.25, 0.3) is 0 Å². The van der Waals surface area contributed by atoms with Gasteiger partial charge >= 0.3 is 0 Å². The summed E-state index contributed by atoms with van der Waals surface area (Å²) in [6, 6.07) is 12.3. The van der Waals surface area contributed by atoms with Crippen molar-refractivity contribution in [3.05, 3.63) is 81.9 Å². The number of sulfonamides is 1. The van der Waals surface area contributed by atoms with Crippen LogP contribution >= 0.6 is 23.2 Å². The van der Waals surface area contributed by atoms with Crippen LogP contribution < -0.4 is 0 Å². The van der Waals surface area contributed by atoms with Crippen molar-refractivity contribution in [2.75, 3.05) is 6.54 Å². The van der Waals surface area contributed by atoms with Crippen molar-refractivity contribution in [2.24, 2.45) is 5.92 Å². The van der Waals surface area contributed by atoms with Crippen molar-refractivity contribution in [1.82, 2.24) is 13.9 Å². The molecule has 0 saturated heterocycles. The third kappa shape index (κ3) is 5.43. The molecule has 0 N–H and O–H groups in total. The third-order valence-corrected chi connectivity index (χ3v) is 7.12. The highest BCUT2D eigenvalue weighted by Gasteiger charge is 2.26. The van der Waals surface area contributed by atoms with Gasteiger partial charge in [0.2, 0.25) is 10.0 Å². The van der Waals surface area contributed by atoms with Crippen molar-refractivity contribution in [3.8, 4) is 0 Å². The minimum absolute atomic E-state index is 0.166. The van der Waals surface area contributed by atoms with Crippen molar-refractivity contribution in [1.29, 1.82) is 0 Å². The Labute approximate surface area is 188 Å². The van der Waals surface area contributed by atoms with Crippen LogP contribution in [-0.4, -0.2) is 28.8 Å². The molecule has 5 nitrogen and oxygen atoms in total. The average Bonchev–Trinajstić information content (AvgIpc) is 3.10. The first-order valence-electron chi connectivity index (χ1n) is 9.67. The normalized spacial score (nSPS) is 12.1. The van der Waals surface area contributed by atoms with Crippen LogP contribution in [0.4, 0.5) is 0 Å². The average molecular weight is 466 g/mol. The molecule has 0 amide bonds. The van der Waals surface area contributed by atoms with Crippen molar-refractivity contribution in [2.45, 2.75) is 38.8 Å². The van der Waals surface area contributed by atoms with Crippen molar-refractivity contribution in [3.63, 3.8) is 0 Å². The Morgan fingerprint density at radius 2 is 1.80 bits per heavy atom. The second-order valence-electron chi connectivity index (χ2n) is 7.71. The SMILES string of the molecule is Cc1ccc(S(=O)(=O)N(Cc2nccn2Cc2ccc(Cl)cc2Cl)CC(C)C)cc1. The molecule has 1 heterocycles. The number of hydrogen-bond donors (Lipinski definition) is 0. The van der Waals surface area contributed by atoms with Gasteiger partial charge < -0.3 is 4.57 Å². The summed E-state index contributed by atoms with van der Waals surface area (Å²) in [6.45, 7) is 6.97. The van der Waals surface area contributed by atoms with Gasteiger partial charge in [0.1, 0.15) is 5.82 Å². The standard InChI is InChI=1S/C22H25Cl2N3O2S/c1-16(2)13-27(30(28,29)20-8-4-17(3)5-9-20)15-22-25-10-11-26(22)14-18-6-7-19(23)12-21(18)24/h4-12,16H,13-15H2,1-3H3. The maximum Gasteiger partial charge on any atom is 0.243 e. The summed E-state index contributed by atoms with van der Waals surface area (Å²) in [7, 11) is -3.66. The lowest BCUT2D eigenvalue weighted by Gasteiger charge is -2.24. The van der Waals surface area contributed by atoms with Gasteiger partial charge in [-0.3, -0.25) is 0 Å². The second-order valence-corrected chi connectivity index (χ2v) is 10.5. The van der Waals surface area contributed by atoms with E-state index in [1.807, 2.05) is 49.7 Å². The molecule has 0 spiro atoms. The molecule has 0 fully saturated rings. The fourth-order valence-electron chi connectivity index (χ4n) is 3.14. The number of rotatable bonds is 8. The zero-order valence-corrected chi connectivity index (χ0v) is 19.5. The highest BCUT2D eigenvalue weighted by atomic mass is 35.5. The van der Waals surface area contributed by atoms with Gasteiger partial charge in [-0.2, -0.15) is 4.31 Å². The van der Waals surface area contributed by atoms with E-state index in [-0.39, 0.29) is 17.4 Å². The Bertz CT molecular complexity index is 1110. The van der Waals surface area contributed by atoms with E-state index in [0.717, 1.165) is 11.1 Å². The Morgan fingerprint density at radius 1 is 1.10 bits per heavy atom. The minimum Gasteiger partial charge on any atom is -0.329 e. The summed E-state index contributed by atoms with van der Waals surface area (Å²) in [5.74, 6) is 0.816. The lowest BCUT2D eigenvalue weighted by molar-refractivity contribution is 0.351. The Hall–Kier alpha value is -1.86. The zero-order valence-electron chi connectivity index (χ0n) is 17.2. The van der Waals surface area contributed by atoms with Gasteiger partial charge in [0.05, 0.1) is 18.0 Å². The Balaban J connectivity index is 1.89. The first kappa shape index (κ1) is 22.8. The summed E-state index contributed by atoms with van der Waals surface area (Å²) < 4.78 is 30.0. The number of halogens is 2. The summed E-state index contributed by atoms with van der Waals surface area (Å²) in [5.41, 5.74) is 1.90. The smallest absolute Gasteiger partial charge is 0.243 e. The number of benzene rings is 2. The van der Waals surface area contributed by atoms with Crippen LogP contribution in [0, 0.1) is 12.8 Å². The summed E-state index contributed by atoms with van der Waals surface area (Å²) in [4.78, 5) is 4.70. The van der Waals surface area contributed by atoms with Gasteiger partial charge in [-0.05, 0) is 42.7 Å². The Kier molecular flexibility index (Phi) is 7.24. The molecule has 0 radical (unpaired) electrons. The summed E-state index contributed by atoms with van der Waals surface area (Å²) >= 11 is 12.3. The van der Waals surface area contributed by atoms with Crippen LogP contribution in [0.5, 0.6) is 0 Å². The molecule has 0 saturated carbocycles. The maximum atomic E-state index is 13.3. The van der Waals surface area contributed by atoms with Gasteiger partial charge in [-0.1, -0.05) is 60.8 Å². The molecule has 3 aromatic rings. The van der Waals surface area contributed by atoms with Crippen molar-refractivity contribution >= 4 is 33.2 Å². The van der Waals surface area contributed by atoms with E-state index in [1.165, 1.54) is 4.31 Å². The molecule has 0 bridgehead atoms. The summed E-state index contributed by atoms with van der Waals surface area (Å²) in [6.07, 6.45) is 3.50. The van der Waals surface area contributed by atoms with Gasteiger partial charge in [-0.15, -0.1) is 0 Å². The highest BCUT2D eigenvalue weighted by Crippen LogP contribution is 2.24. The number of nitrogens with zero attached hydrogens (tertiary/aromatic N) is 3. The zero-order chi connectivity index (χ0) is 21.9. The number of aryl methyl sites for hydroxylation is 1. The fourth-order valence-corrected chi connectivity index (χ4v) is 5.17. The monoisotopic (exact) mass is 465 g/mol. The molecular formula is C22H25Cl2N3O2S. The third-order valence-electron chi connectivity index (χ3n) is 4.70. The topological polar surface area (TPSA) is 55.2 Å². The molecular weight excluding hydrogens is 441 g/mol. The van der Waals surface area contributed by atoms with E-state index in [1.54, 1.807) is 30.5 Å². The molecule has 1 aromatic heterocycles. The quantitative estimate of drug-likeness (QED) is 0.447. The number of hydrogen-bond acceptors (Lipinski definition) is 3. The molecule has 0 aliphatic carbocycles.